The highest BCUT2D eigenvalue weighted by molar-refractivity contribution is 7.13. The van der Waals surface area contributed by atoms with Gasteiger partial charge in [-0.05, 0) is 53.9 Å². The first-order chi connectivity index (χ1) is 16.8. The van der Waals surface area contributed by atoms with E-state index in [0.29, 0.717) is 19.0 Å². The van der Waals surface area contributed by atoms with Crippen LogP contribution in [0.15, 0.2) is 59.3 Å². The van der Waals surface area contributed by atoms with Crippen LogP contribution in [0.2, 0.25) is 0 Å². The highest BCUT2D eigenvalue weighted by atomic mass is 32.1. The molecular formula is C24H24N6O2S2. The summed E-state index contributed by atoms with van der Waals surface area (Å²) in [5, 5.41) is 24.1. The lowest BCUT2D eigenvalue weighted by Gasteiger charge is -2.31. The van der Waals surface area contributed by atoms with Crippen LogP contribution in [0.25, 0.3) is 21.1 Å². The SMILES string of the molecule is O=C(NCCOc1ccc(-c2cccs2)nn1)C1CCN(c2ccc(-c3cccs3)nn2)CC1. The molecule has 10 heteroatoms. The molecule has 1 aliphatic heterocycles. The third kappa shape index (κ3) is 5.40. The highest BCUT2D eigenvalue weighted by Crippen LogP contribution is 2.26. The smallest absolute Gasteiger partial charge is 0.233 e. The maximum Gasteiger partial charge on any atom is 0.233 e. The molecule has 4 aromatic rings. The predicted molar refractivity (Wildman–Crippen MR) is 134 cm³/mol. The standard InChI is InChI=1S/C24H24N6O2S2/c31-24(25-11-14-32-23-8-6-19(27-29-23)21-4-2-16-34-21)17-9-12-30(13-10-17)22-7-5-18(26-28-22)20-3-1-15-33-20/h1-8,15-17H,9-14H2,(H,25,31). The van der Waals surface area contributed by atoms with E-state index in [1.165, 1.54) is 0 Å². The summed E-state index contributed by atoms with van der Waals surface area (Å²) in [5.74, 6) is 1.38. The lowest BCUT2D eigenvalue weighted by molar-refractivity contribution is -0.125. The number of nitrogens with zero attached hydrogens (tertiary/aromatic N) is 5. The van der Waals surface area contributed by atoms with Crippen LogP contribution in [-0.4, -0.2) is 52.5 Å². The maximum atomic E-state index is 12.6. The van der Waals surface area contributed by atoms with E-state index in [-0.39, 0.29) is 11.8 Å². The Balaban J connectivity index is 1.03. The van der Waals surface area contributed by atoms with E-state index in [1.54, 1.807) is 28.7 Å². The number of carbonyl (C=O) groups is 1. The molecule has 0 atom stereocenters. The van der Waals surface area contributed by atoms with Crippen molar-refractivity contribution in [2.75, 3.05) is 31.1 Å². The average Bonchev–Trinajstić information content (AvgIpc) is 3.62. The lowest BCUT2D eigenvalue weighted by Crippen LogP contribution is -2.41. The summed E-state index contributed by atoms with van der Waals surface area (Å²) in [6.45, 7) is 2.36. The molecule has 1 saturated heterocycles. The van der Waals surface area contributed by atoms with Crippen molar-refractivity contribution in [2.24, 2.45) is 5.92 Å². The molecule has 0 aliphatic carbocycles. The van der Waals surface area contributed by atoms with Crippen LogP contribution < -0.4 is 15.0 Å². The van der Waals surface area contributed by atoms with Gasteiger partial charge in [0.1, 0.15) is 18.0 Å². The Labute approximate surface area is 205 Å². The van der Waals surface area contributed by atoms with Gasteiger partial charge in [-0.3, -0.25) is 4.79 Å². The fourth-order valence-electron chi connectivity index (χ4n) is 3.85. The van der Waals surface area contributed by atoms with Crippen LogP contribution in [0.3, 0.4) is 0 Å². The number of nitrogens with one attached hydrogen (secondary N) is 1. The van der Waals surface area contributed by atoms with Crippen LogP contribution in [0.5, 0.6) is 5.88 Å². The molecule has 5 rings (SSSR count). The summed E-state index contributed by atoms with van der Waals surface area (Å²) >= 11 is 3.27. The number of aromatic nitrogens is 4. The molecule has 1 fully saturated rings. The van der Waals surface area contributed by atoms with Crippen molar-refractivity contribution in [3.05, 3.63) is 59.3 Å². The van der Waals surface area contributed by atoms with E-state index in [1.807, 2.05) is 53.2 Å². The molecule has 0 unspecified atom stereocenters. The van der Waals surface area contributed by atoms with Gasteiger partial charge >= 0.3 is 0 Å². The third-order valence-corrected chi connectivity index (χ3v) is 7.46. The second-order valence-electron chi connectivity index (χ2n) is 7.89. The second-order valence-corrected chi connectivity index (χ2v) is 9.78. The van der Waals surface area contributed by atoms with Crippen molar-refractivity contribution in [1.29, 1.82) is 0 Å². The molecule has 4 aromatic heterocycles. The van der Waals surface area contributed by atoms with Gasteiger partial charge in [-0.2, -0.15) is 0 Å². The number of piperidine rings is 1. The molecule has 5 heterocycles. The molecule has 34 heavy (non-hydrogen) atoms. The first-order valence-corrected chi connectivity index (χ1v) is 12.9. The number of ether oxygens (including phenoxy) is 1. The van der Waals surface area contributed by atoms with Gasteiger partial charge < -0.3 is 15.0 Å². The maximum absolute atomic E-state index is 12.6. The summed E-state index contributed by atoms with van der Waals surface area (Å²) in [4.78, 5) is 16.9. The van der Waals surface area contributed by atoms with E-state index in [4.69, 9.17) is 4.74 Å². The normalized spacial score (nSPS) is 14.2. The Bertz CT molecular complexity index is 1170. The fraction of sp³-hybridized carbons (Fsp3) is 0.292. The first-order valence-electron chi connectivity index (χ1n) is 11.2. The van der Waals surface area contributed by atoms with Gasteiger partial charge in [0.2, 0.25) is 11.8 Å². The van der Waals surface area contributed by atoms with Gasteiger partial charge in [0, 0.05) is 25.1 Å². The average molecular weight is 493 g/mol. The molecular weight excluding hydrogens is 468 g/mol. The Morgan fingerprint density at radius 3 is 2.15 bits per heavy atom. The van der Waals surface area contributed by atoms with Crippen LogP contribution in [0, 0.1) is 5.92 Å². The number of hydrogen-bond donors (Lipinski definition) is 1. The quantitative estimate of drug-likeness (QED) is 0.370. The first kappa shape index (κ1) is 22.4. The molecule has 0 radical (unpaired) electrons. The second kappa shape index (κ2) is 10.7. The van der Waals surface area contributed by atoms with Crippen molar-refractivity contribution < 1.29 is 9.53 Å². The topological polar surface area (TPSA) is 93.1 Å². The highest BCUT2D eigenvalue weighted by Gasteiger charge is 2.25. The Morgan fingerprint density at radius 1 is 0.912 bits per heavy atom. The van der Waals surface area contributed by atoms with Crippen molar-refractivity contribution in [1.82, 2.24) is 25.7 Å². The molecule has 0 aromatic carbocycles. The molecule has 0 bridgehead atoms. The number of amides is 1. The number of hydrogen-bond acceptors (Lipinski definition) is 9. The minimum Gasteiger partial charge on any atom is -0.475 e. The molecule has 8 nitrogen and oxygen atoms in total. The summed E-state index contributed by atoms with van der Waals surface area (Å²) < 4.78 is 5.62. The van der Waals surface area contributed by atoms with Crippen molar-refractivity contribution >= 4 is 34.4 Å². The van der Waals surface area contributed by atoms with E-state index < -0.39 is 0 Å². The monoisotopic (exact) mass is 492 g/mol. The van der Waals surface area contributed by atoms with Crippen LogP contribution in [0.4, 0.5) is 5.82 Å². The van der Waals surface area contributed by atoms with E-state index >= 15 is 0 Å². The van der Waals surface area contributed by atoms with Crippen LogP contribution >= 0.6 is 22.7 Å². The lowest BCUT2D eigenvalue weighted by atomic mass is 9.96. The van der Waals surface area contributed by atoms with E-state index in [2.05, 4.69) is 30.6 Å². The number of rotatable bonds is 8. The van der Waals surface area contributed by atoms with Gasteiger partial charge in [-0.15, -0.1) is 43.1 Å². The zero-order valence-corrected chi connectivity index (χ0v) is 20.1. The largest absolute Gasteiger partial charge is 0.475 e. The zero-order valence-electron chi connectivity index (χ0n) is 18.5. The van der Waals surface area contributed by atoms with Crippen LogP contribution in [0.1, 0.15) is 12.8 Å². The van der Waals surface area contributed by atoms with Crippen molar-refractivity contribution in [3.8, 4) is 27.0 Å². The minimum atomic E-state index is -0.000489. The summed E-state index contributed by atoms with van der Waals surface area (Å²) in [7, 11) is 0. The Kier molecular flexibility index (Phi) is 7.06. The molecule has 0 spiro atoms. The van der Waals surface area contributed by atoms with Crippen LogP contribution in [-0.2, 0) is 4.79 Å². The van der Waals surface area contributed by atoms with Crippen molar-refractivity contribution in [3.63, 3.8) is 0 Å². The summed E-state index contributed by atoms with van der Waals surface area (Å²) in [6.07, 6.45) is 1.58. The van der Waals surface area contributed by atoms with Gasteiger partial charge in [0.25, 0.3) is 0 Å². The van der Waals surface area contributed by atoms with Crippen molar-refractivity contribution in [2.45, 2.75) is 12.8 Å². The summed E-state index contributed by atoms with van der Waals surface area (Å²) in [6, 6.07) is 15.7. The Morgan fingerprint density at radius 2 is 1.59 bits per heavy atom. The minimum absolute atomic E-state index is 0.000489. The molecule has 1 aliphatic rings. The molecule has 0 saturated carbocycles. The number of thiophene rings is 2. The predicted octanol–water partition coefficient (Wildman–Crippen LogP) is 4.14. The molecule has 1 amide bonds. The zero-order chi connectivity index (χ0) is 23.2. The third-order valence-electron chi connectivity index (χ3n) is 5.68. The fourth-order valence-corrected chi connectivity index (χ4v) is 5.23. The Hall–Kier alpha value is -3.37. The van der Waals surface area contributed by atoms with E-state index in [9.17, 15) is 4.79 Å². The summed E-state index contributed by atoms with van der Waals surface area (Å²) in [5.41, 5.74) is 1.71. The van der Waals surface area contributed by atoms with Gasteiger partial charge in [-0.1, -0.05) is 12.1 Å². The van der Waals surface area contributed by atoms with Gasteiger partial charge in [0.15, 0.2) is 5.82 Å². The molecule has 174 valence electrons. The van der Waals surface area contributed by atoms with Gasteiger partial charge in [-0.25, -0.2) is 0 Å². The van der Waals surface area contributed by atoms with Gasteiger partial charge in [0.05, 0.1) is 16.3 Å². The number of anilines is 1. The number of carbonyl (C=O) groups excluding carboxylic acids is 1. The van der Waals surface area contributed by atoms with E-state index in [0.717, 1.165) is 52.9 Å². The molecule has 1 N–H and O–H groups in total.